The van der Waals surface area contributed by atoms with Crippen LogP contribution < -0.4 is 4.74 Å². The summed E-state index contributed by atoms with van der Waals surface area (Å²) in [6.07, 6.45) is 0. The van der Waals surface area contributed by atoms with Gasteiger partial charge in [-0.15, -0.1) is 0 Å². The summed E-state index contributed by atoms with van der Waals surface area (Å²) in [5.41, 5.74) is 2.35. The highest BCUT2D eigenvalue weighted by Gasteiger charge is 2.17. The smallest absolute Gasteiger partial charge is 0.135 e. The van der Waals surface area contributed by atoms with Crippen molar-refractivity contribution in [2.24, 2.45) is 0 Å². The number of fused-ring (bicyclic) bond motifs is 1. The van der Waals surface area contributed by atoms with Gasteiger partial charge in [0, 0.05) is 17.0 Å². The molecule has 0 aliphatic rings. The summed E-state index contributed by atoms with van der Waals surface area (Å²) in [4.78, 5) is 0. The Morgan fingerprint density at radius 1 is 0.920 bits per heavy atom. The van der Waals surface area contributed by atoms with Gasteiger partial charge in [-0.1, -0.05) is 18.2 Å². The molecule has 3 nitrogen and oxygen atoms in total. The minimum atomic E-state index is -0.651. The Labute approximate surface area is 143 Å². The highest BCUT2D eigenvalue weighted by molar-refractivity contribution is 5.95. The molecule has 0 fully saturated rings. The van der Waals surface area contributed by atoms with Gasteiger partial charge in [-0.2, -0.15) is 5.10 Å². The molecule has 0 unspecified atom stereocenters. The highest BCUT2D eigenvalue weighted by atomic mass is 19.1. The average Bonchev–Trinajstić information content (AvgIpc) is 3.01. The van der Waals surface area contributed by atoms with Crippen molar-refractivity contribution in [3.05, 3.63) is 78.4 Å². The fourth-order valence-electron chi connectivity index (χ4n) is 2.87. The number of methoxy groups -OCH3 is 1. The molecule has 0 radical (unpaired) electrons. The third kappa shape index (κ3) is 2.63. The van der Waals surface area contributed by atoms with E-state index in [-0.39, 0.29) is 5.56 Å². The van der Waals surface area contributed by atoms with Crippen LogP contribution in [0.2, 0.25) is 0 Å². The van der Waals surface area contributed by atoms with Gasteiger partial charge in [0.2, 0.25) is 0 Å². The van der Waals surface area contributed by atoms with Crippen LogP contribution in [0.3, 0.4) is 0 Å². The first-order valence-corrected chi connectivity index (χ1v) is 7.75. The first kappa shape index (κ1) is 15.3. The summed E-state index contributed by atoms with van der Waals surface area (Å²) >= 11 is 0. The molecule has 0 aliphatic heterocycles. The quantitative estimate of drug-likeness (QED) is 0.528. The molecule has 25 heavy (non-hydrogen) atoms. The lowest BCUT2D eigenvalue weighted by atomic mass is 10.1. The van der Waals surface area contributed by atoms with Gasteiger partial charge in [-0.25, -0.2) is 13.5 Å². The Kier molecular flexibility index (Phi) is 3.69. The summed E-state index contributed by atoms with van der Waals surface area (Å²) < 4.78 is 34.6. The molecule has 0 saturated carbocycles. The van der Waals surface area contributed by atoms with Gasteiger partial charge in [0.1, 0.15) is 23.1 Å². The zero-order valence-electron chi connectivity index (χ0n) is 13.4. The van der Waals surface area contributed by atoms with Gasteiger partial charge in [-0.05, 0) is 42.5 Å². The molecule has 0 aliphatic carbocycles. The van der Waals surface area contributed by atoms with Crippen LogP contribution >= 0.6 is 0 Å². The fraction of sp³-hybridized carbons (Fsp3) is 0.0500. The summed E-state index contributed by atoms with van der Waals surface area (Å²) in [7, 11) is 1.57. The molecule has 1 aromatic heterocycles. The zero-order chi connectivity index (χ0) is 17.4. The van der Waals surface area contributed by atoms with E-state index in [0.717, 1.165) is 22.7 Å². The number of hydrogen-bond donors (Lipinski definition) is 0. The minimum absolute atomic E-state index is 0.245. The van der Waals surface area contributed by atoms with E-state index in [1.165, 1.54) is 12.1 Å². The van der Waals surface area contributed by atoms with E-state index in [0.29, 0.717) is 11.4 Å². The molecular weight excluding hydrogens is 322 g/mol. The summed E-state index contributed by atoms with van der Waals surface area (Å²) in [6, 6.07) is 18.6. The number of halogens is 2. The van der Waals surface area contributed by atoms with Crippen LogP contribution in [0.5, 0.6) is 5.75 Å². The van der Waals surface area contributed by atoms with Gasteiger partial charge in [0.05, 0.1) is 18.3 Å². The van der Waals surface area contributed by atoms with Crippen LogP contribution in [0.25, 0.3) is 27.8 Å². The maximum absolute atomic E-state index is 14.3. The van der Waals surface area contributed by atoms with Crippen molar-refractivity contribution in [3.8, 4) is 22.7 Å². The Morgan fingerprint density at radius 3 is 2.44 bits per heavy atom. The molecule has 0 amide bonds. The fourth-order valence-corrected chi connectivity index (χ4v) is 2.87. The summed E-state index contributed by atoms with van der Waals surface area (Å²) in [5, 5.41) is 5.32. The van der Waals surface area contributed by atoms with Gasteiger partial charge >= 0.3 is 0 Å². The predicted molar refractivity (Wildman–Crippen MR) is 93.0 cm³/mol. The summed E-state index contributed by atoms with van der Waals surface area (Å²) in [6.45, 7) is 0. The lowest BCUT2D eigenvalue weighted by Crippen LogP contribution is -1.96. The molecule has 124 valence electrons. The van der Waals surface area contributed by atoms with E-state index in [1.54, 1.807) is 17.9 Å². The van der Waals surface area contributed by atoms with E-state index in [4.69, 9.17) is 4.74 Å². The van der Waals surface area contributed by atoms with Crippen LogP contribution in [0.15, 0.2) is 66.7 Å². The summed E-state index contributed by atoms with van der Waals surface area (Å²) in [5.74, 6) is -0.628. The van der Waals surface area contributed by atoms with Gasteiger partial charge in [0.25, 0.3) is 0 Å². The van der Waals surface area contributed by atoms with E-state index < -0.39 is 11.6 Å². The van der Waals surface area contributed by atoms with E-state index in [2.05, 4.69) is 5.10 Å². The largest absolute Gasteiger partial charge is 0.497 e. The molecule has 4 rings (SSSR count). The molecule has 4 aromatic rings. The standard InChI is InChI=1S/C20H14F2N2O/c1-25-15-8-10-19-17(12-15)20(16-9-7-13(21)11-18(16)22)23-24(19)14-5-3-2-4-6-14/h2-12H,1H3. The third-order valence-corrected chi connectivity index (χ3v) is 4.07. The normalized spacial score (nSPS) is 11.0. The van der Waals surface area contributed by atoms with Crippen LogP contribution in [-0.4, -0.2) is 16.9 Å². The molecular formula is C20H14F2N2O. The molecule has 1 heterocycles. The van der Waals surface area contributed by atoms with Crippen molar-refractivity contribution >= 4 is 10.9 Å². The molecule has 0 bridgehead atoms. The molecule has 5 heteroatoms. The monoisotopic (exact) mass is 336 g/mol. The van der Waals surface area contributed by atoms with Crippen LogP contribution in [0.4, 0.5) is 8.78 Å². The van der Waals surface area contributed by atoms with Gasteiger partial charge in [-0.3, -0.25) is 0 Å². The zero-order valence-corrected chi connectivity index (χ0v) is 13.4. The second-order valence-electron chi connectivity index (χ2n) is 5.60. The molecule has 3 aromatic carbocycles. The minimum Gasteiger partial charge on any atom is -0.497 e. The lowest BCUT2D eigenvalue weighted by molar-refractivity contribution is 0.415. The van der Waals surface area contributed by atoms with Crippen molar-refractivity contribution in [1.82, 2.24) is 9.78 Å². The third-order valence-electron chi connectivity index (χ3n) is 4.07. The van der Waals surface area contributed by atoms with Gasteiger partial charge < -0.3 is 4.74 Å². The van der Waals surface area contributed by atoms with E-state index in [1.807, 2.05) is 42.5 Å². The number of ether oxygens (including phenoxy) is 1. The van der Waals surface area contributed by atoms with Crippen molar-refractivity contribution in [2.45, 2.75) is 0 Å². The second-order valence-corrected chi connectivity index (χ2v) is 5.60. The SMILES string of the molecule is COc1ccc2c(c1)c(-c1ccc(F)cc1F)nn2-c1ccccc1. The maximum atomic E-state index is 14.3. The Balaban J connectivity index is 2.03. The Bertz CT molecular complexity index is 1060. The van der Waals surface area contributed by atoms with Crippen LogP contribution in [0, 0.1) is 11.6 Å². The molecule has 0 atom stereocenters. The van der Waals surface area contributed by atoms with Crippen molar-refractivity contribution in [2.75, 3.05) is 7.11 Å². The number of para-hydroxylation sites is 1. The van der Waals surface area contributed by atoms with Crippen LogP contribution in [-0.2, 0) is 0 Å². The predicted octanol–water partition coefficient (Wildman–Crippen LogP) is 4.98. The Hall–Kier alpha value is -3.21. The van der Waals surface area contributed by atoms with Crippen LogP contribution in [0.1, 0.15) is 0 Å². The van der Waals surface area contributed by atoms with E-state index >= 15 is 0 Å². The first-order valence-electron chi connectivity index (χ1n) is 7.75. The van der Waals surface area contributed by atoms with Crippen molar-refractivity contribution < 1.29 is 13.5 Å². The molecule has 0 N–H and O–H groups in total. The first-order chi connectivity index (χ1) is 12.2. The number of benzene rings is 3. The van der Waals surface area contributed by atoms with Crippen molar-refractivity contribution in [1.29, 1.82) is 0 Å². The number of aromatic nitrogens is 2. The lowest BCUT2D eigenvalue weighted by Gasteiger charge is -2.03. The number of hydrogen-bond acceptors (Lipinski definition) is 2. The molecule has 0 saturated heterocycles. The topological polar surface area (TPSA) is 27.1 Å². The second kappa shape index (κ2) is 6.02. The molecule has 0 spiro atoms. The average molecular weight is 336 g/mol. The van der Waals surface area contributed by atoms with Gasteiger partial charge in [0.15, 0.2) is 0 Å². The number of rotatable bonds is 3. The maximum Gasteiger partial charge on any atom is 0.135 e. The van der Waals surface area contributed by atoms with E-state index in [9.17, 15) is 8.78 Å². The Morgan fingerprint density at radius 2 is 1.72 bits per heavy atom. The van der Waals surface area contributed by atoms with Crippen molar-refractivity contribution in [3.63, 3.8) is 0 Å². The highest BCUT2D eigenvalue weighted by Crippen LogP contribution is 2.33. The number of nitrogens with zero attached hydrogens (tertiary/aromatic N) is 2.